The maximum absolute atomic E-state index is 12.8. The van der Waals surface area contributed by atoms with Gasteiger partial charge in [0.15, 0.2) is 15.6 Å². The number of piperazine rings is 1. The standard InChI is InChI=1S/C18H22N2O4S/c1-13-15-4-2-3-5-16(15)24-17(13)18(21)20-9-7-19(8-10-20)14-6-11-25(22,23)12-14/h2-5,14H,6-12H2,1H3. The molecule has 0 bridgehead atoms. The molecule has 1 unspecified atom stereocenters. The number of hydrogen-bond donors (Lipinski definition) is 0. The van der Waals surface area contributed by atoms with Gasteiger partial charge in [-0.05, 0) is 19.4 Å². The Bertz CT molecular complexity index is 910. The van der Waals surface area contributed by atoms with Gasteiger partial charge in [-0.2, -0.15) is 0 Å². The van der Waals surface area contributed by atoms with Crippen molar-refractivity contribution >= 4 is 26.7 Å². The molecule has 2 aromatic rings. The Hall–Kier alpha value is -1.86. The zero-order valence-corrected chi connectivity index (χ0v) is 15.1. The molecule has 1 amide bonds. The zero-order chi connectivity index (χ0) is 17.6. The summed E-state index contributed by atoms with van der Waals surface area (Å²) >= 11 is 0. The topological polar surface area (TPSA) is 70.8 Å². The van der Waals surface area contributed by atoms with E-state index in [1.807, 2.05) is 36.1 Å². The molecule has 2 aliphatic rings. The van der Waals surface area contributed by atoms with Gasteiger partial charge >= 0.3 is 0 Å². The highest BCUT2D eigenvalue weighted by molar-refractivity contribution is 7.91. The Morgan fingerprint density at radius 3 is 2.52 bits per heavy atom. The van der Waals surface area contributed by atoms with Gasteiger partial charge in [0, 0.05) is 43.2 Å². The van der Waals surface area contributed by atoms with Gasteiger partial charge in [0.25, 0.3) is 5.91 Å². The Morgan fingerprint density at radius 2 is 1.88 bits per heavy atom. The maximum atomic E-state index is 12.8. The second-order valence-corrected chi connectivity index (χ2v) is 9.17. The van der Waals surface area contributed by atoms with Crippen molar-refractivity contribution in [2.45, 2.75) is 19.4 Å². The minimum Gasteiger partial charge on any atom is -0.451 e. The average Bonchev–Trinajstić information content (AvgIpc) is 3.15. The molecular formula is C18H22N2O4S. The lowest BCUT2D eigenvalue weighted by Gasteiger charge is -2.37. The summed E-state index contributed by atoms with van der Waals surface area (Å²) in [6.07, 6.45) is 0.707. The number of sulfone groups is 1. The third-order valence-corrected chi connectivity index (χ3v) is 7.11. The van der Waals surface area contributed by atoms with E-state index in [9.17, 15) is 13.2 Å². The molecule has 0 saturated carbocycles. The van der Waals surface area contributed by atoms with Gasteiger partial charge in [-0.3, -0.25) is 9.69 Å². The highest BCUT2D eigenvalue weighted by Crippen LogP contribution is 2.26. The molecule has 1 atom stereocenters. The van der Waals surface area contributed by atoms with E-state index in [1.54, 1.807) is 0 Å². The quantitative estimate of drug-likeness (QED) is 0.813. The van der Waals surface area contributed by atoms with Crippen molar-refractivity contribution in [1.29, 1.82) is 0 Å². The van der Waals surface area contributed by atoms with Crippen molar-refractivity contribution in [2.75, 3.05) is 37.7 Å². The number of amides is 1. The summed E-state index contributed by atoms with van der Waals surface area (Å²) in [7, 11) is -2.88. The molecule has 25 heavy (non-hydrogen) atoms. The van der Waals surface area contributed by atoms with E-state index < -0.39 is 9.84 Å². The number of hydrogen-bond acceptors (Lipinski definition) is 5. The van der Waals surface area contributed by atoms with Gasteiger partial charge in [0.05, 0.1) is 11.5 Å². The lowest BCUT2D eigenvalue weighted by Crippen LogP contribution is -2.52. The van der Waals surface area contributed by atoms with E-state index >= 15 is 0 Å². The van der Waals surface area contributed by atoms with Crippen LogP contribution in [0.15, 0.2) is 28.7 Å². The first kappa shape index (κ1) is 16.6. The van der Waals surface area contributed by atoms with Crippen LogP contribution in [0.2, 0.25) is 0 Å². The molecule has 3 heterocycles. The van der Waals surface area contributed by atoms with E-state index in [1.165, 1.54) is 0 Å². The van der Waals surface area contributed by atoms with Crippen molar-refractivity contribution < 1.29 is 17.6 Å². The van der Waals surface area contributed by atoms with E-state index in [4.69, 9.17) is 4.42 Å². The second-order valence-electron chi connectivity index (χ2n) is 6.94. The maximum Gasteiger partial charge on any atom is 0.289 e. The summed E-state index contributed by atoms with van der Waals surface area (Å²) in [4.78, 5) is 16.9. The van der Waals surface area contributed by atoms with Crippen LogP contribution in [0.5, 0.6) is 0 Å². The van der Waals surface area contributed by atoms with Gasteiger partial charge in [-0.25, -0.2) is 8.42 Å². The molecule has 0 spiro atoms. The van der Waals surface area contributed by atoms with E-state index in [2.05, 4.69) is 4.90 Å². The van der Waals surface area contributed by atoms with Crippen LogP contribution in [0.3, 0.4) is 0 Å². The SMILES string of the molecule is Cc1c(C(=O)N2CCN(C3CCS(=O)(=O)C3)CC2)oc2ccccc12. The van der Waals surface area contributed by atoms with Crippen LogP contribution in [-0.4, -0.2) is 67.9 Å². The molecular weight excluding hydrogens is 340 g/mol. The fourth-order valence-electron chi connectivity index (χ4n) is 3.88. The number of carbonyl (C=O) groups is 1. The summed E-state index contributed by atoms with van der Waals surface area (Å²) in [6, 6.07) is 7.78. The predicted octanol–water partition coefficient (Wildman–Crippen LogP) is 1.69. The Kier molecular flexibility index (Phi) is 4.08. The Labute approximate surface area is 147 Å². The van der Waals surface area contributed by atoms with Crippen LogP contribution in [0.4, 0.5) is 0 Å². The lowest BCUT2D eigenvalue weighted by atomic mass is 10.1. The first-order chi connectivity index (χ1) is 11.9. The van der Waals surface area contributed by atoms with E-state index in [0.29, 0.717) is 38.4 Å². The monoisotopic (exact) mass is 362 g/mol. The second kappa shape index (κ2) is 6.14. The average molecular weight is 362 g/mol. The first-order valence-electron chi connectivity index (χ1n) is 8.66. The molecule has 134 valence electrons. The first-order valence-corrected chi connectivity index (χ1v) is 10.5. The van der Waals surface area contributed by atoms with Crippen LogP contribution >= 0.6 is 0 Å². The number of carbonyl (C=O) groups excluding carboxylic acids is 1. The summed E-state index contributed by atoms with van der Waals surface area (Å²) in [5, 5.41) is 0.973. The number of furan rings is 1. The highest BCUT2D eigenvalue weighted by Gasteiger charge is 2.35. The third kappa shape index (κ3) is 3.06. The summed E-state index contributed by atoms with van der Waals surface area (Å²) < 4.78 is 29.1. The summed E-state index contributed by atoms with van der Waals surface area (Å²) in [5.41, 5.74) is 1.61. The van der Waals surface area contributed by atoms with E-state index in [0.717, 1.165) is 16.5 Å². The van der Waals surface area contributed by atoms with Crippen LogP contribution in [-0.2, 0) is 9.84 Å². The minimum atomic E-state index is -2.88. The predicted molar refractivity (Wildman–Crippen MR) is 95.5 cm³/mol. The van der Waals surface area contributed by atoms with Crippen molar-refractivity contribution in [1.82, 2.24) is 9.80 Å². The molecule has 2 aliphatic heterocycles. The molecule has 4 rings (SSSR count). The van der Waals surface area contributed by atoms with Gasteiger partial charge in [0.2, 0.25) is 0 Å². The molecule has 2 saturated heterocycles. The summed E-state index contributed by atoms with van der Waals surface area (Å²) in [6.45, 7) is 4.55. The third-order valence-electron chi connectivity index (χ3n) is 5.36. The highest BCUT2D eigenvalue weighted by atomic mass is 32.2. The molecule has 1 aromatic heterocycles. The van der Waals surface area contributed by atoms with Crippen molar-refractivity contribution in [3.8, 4) is 0 Å². The molecule has 0 radical (unpaired) electrons. The minimum absolute atomic E-state index is 0.0765. The number of nitrogens with zero attached hydrogens (tertiary/aromatic N) is 2. The Morgan fingerprint density at radius 1 is 1.16 bits per heavy atom. The van der Waals surface area contributed by atoms with Crippen molar-refractivity contribution in [3.63, 3.8) is 0 Å². The molecule has 1 aromatic carbocycles. The number of aryl methyl sites for hydroxylation is 1. The lowest BCUT2D eigenvalue weighted by molar-refractivity contribution is 0.0560. The zero-order valence-electron chi connectivity index (χ0n) is 14.3. The van der Waals surface area contributed by atoms with Gasteiger partial charge in [0.1, 0.15) is 5.58 Å². The number of para-hydroxylation sites is 1. The summed E-state index contributed by atoms with van der Waals surface area (Å²) in [5.74, 6) is 0.879. The largest absolute Gasteiger partial charge is 0.451 e. The molecule has 0 aliphatic carbocycles. The molecule has 7 heteroatoms. The normalized spacial score (nSPS) is 24.0. The number of benzene rings is 1. The van der Waals surface area contributed by atoms with Crippen LogP contribution in [0.25, 0.3) is 11.0 Å². The van der Waals surface area contributed by atoms with Crippen LogP contribution in [0, 0.1) is 6.92 Å². The number of rotatable bonds is 2. The van der Waals surface area contributed by atoms with Gasteiger partial charge in [-0.1, -0.05) is 18.2 Å². The van der Waals surface area contributed by atoms with Gasteiger partial charge < -0.3 is 9.32 Å². The van der Waals surface area contributed by atoms with Crippen LogP contribution in [0.1, 0.15) is 22.5 Å². The van der Waals surface area contributed by atoms with Crippen molar-refractivity contribution in [2.24, 2.45) is 0 Å². The molecule has 0 N–H and O–H groups in total. The van der Waals surface area contributed by atoms with Crippen LogP contribution < -0.4 is 0 Å². The molecule has 6 nitrogen and oxygen atoms in total. The smallest absolute Gasteiger partial charge is 0.289 e. The van der Waals surface area contributed by atoms with E-state index in [-0.39, 0.29) is 23.5 Å². The number of fused-ring (bicyclic) bond motifs is 1. The fraction of sp³-hybridized carbons (Fsp3) is 0.500. The molecule has 2 fully saturated rings. The fourth-order valence-corrected chi connectivity index (χ4v) is 5.64. The van der Waals surface area contributed by atoms with Gasteiger partial charge in [-0.15, -0.1) is 0 Å². The Balaban J connectivity index is 1.45. The van der Waals surface area contributed by atoms with Crippen molar-refractivity contribution in [3.05, 3.63) is 35.6 Å².